The van der Waals surface area contributed by atoms with Gasteiger partial charge in [-0.25, -0.2) is 0 Å². The number of nitrogens with zero attached hydrogens (tertiary/aromatic N) is 3. The van der Waals surface area contributed by atoms with Gasteiger partial charge in [0.05, 0.1) is 0 Å². The van der Waals surface area contributed by atoms with Gasteiger partial charge in [0, 0.05) is 56.6 Å². The molecule has 7 nitrogen and oxygen atoms in total. The van der Waals surface area contributed by atoms with Crippen molar-refractivity contribution in [3.05, 3.63) is 48.3 Å². The maximum absolute atomic E-state index is 12.0. The molecule has 1 aliphatic heterocycles. The van der Waals surface area contributed by atoms with Crippen LogP contribution in [0.2, 0.25) is 0 Å². The molecule has 0 bridgehead atoms. The van der Waals surface area contributed by atoms with E-state index in [1.165, 1.54) is 5.56 Å². The standard InChI is InChI=1S/C20H28N6O/c1-3-21-20(22-12-15(2)14-26-10-6-9-24-26)23-13-16-11-19(27)25-18-8-5-4-7-17(16)18/h4-10,15-16H,3,11-14H2,1-2H3,(H,25,27)(H2,21,22,23). The number of aromatic nitrogens is 2. The zero-order valence-electron chi connectivity index (χ0n) is 16.0. The van der Waals surface area contributed by atoms with E-state index in [1.807, 2.05) is 42.1 Å². The molecule has 2 heterocycles. The number of nitrogens with one attached hydrogen (secondary N) is 3. The third-order valence-corrected chi connectivity index (χ3v) is 4.59. The van der Waals surface area contributed by atoms with Crippen molar-refractivity contribution in [3.63, 3.8) is 0 Å². The molecule has 0 fully saturated rings. The van der Waals surface area contributed by atoms with Crippen LogP contribution in [-0.2, 0) is 11.3 Å². The molecule has 7 heteroatoms. The van der Waals surface area contributed by atoms with E-state index in [9.17, 15) is 4.79 Å². The normalized spacial score (nSPS) is 17.8. The molecule has 1 amide bonds. The number of hydrogen-bond acceptors (Lipinski definition) is 3. The molecule has 1 aliphatic rings. The van der Waals surface area contributed by atoms with Gasteiger partial charge in [0.25, 0.3) is 0 Å². The molecule has 2 unspecified atom stereocenters. The summed E-state index contributed by atoms with van der Waals surface area (Å²) in [5, 5.41) is 13.9. The predicted octanol–water partition coefficient (Wildman–Crippen LogP) is 2.20. The molecule has 0 spiro atoms. The summed E-state index contributed by atoms with van der Waals surface area (Å²) < 4.78 is 1.93. The highest BCUT2D eigenvalue weighted by molar-refractivity contribution is 5.94. The number of carbonyl (C=O) groups excluding carboxylic acids is 1. The number of carbonyl (C=O) groups is 1. The van der Waals surface area contributed by atoms with Crippen molar-refractivity contribution in [3.8, 4) is 0 Å². The molecule has 1 aromatic carbocycles. The monoisotopic (exact) mass is 368 g/mol. The molecule has 3 rings (SSSR count). The molecule has 0 saturated heterocycles. The summed E-state index contributed by atoms with van der Waals surface area (Å²) in [7, 11) is 0. The van der Waals surface area contributed by atoms with E-state index in [0.717, 1.165) is 24.7 Å². The van der Waals surface area contributed by atoms with Gasteiger partial charge in [-0.05, 0) is 30.5 Å². The Hall–Kier alpha value is -2.83. The maximum Gasteiger partial charge on any atom is 0.225 e. The quantitative estimate of drug-likeness (QED) is 0.517. The summed E-state index contributed by atoms with van der Waals surface area (Å²) in [6.45, 7) is 7.22. The van der Waals surface area contributed by atoms with Crippen molar-refractivity contribution in [1.29, 1.82) is 0 Å². The van der Waals surface area contributed by atoms with E-state index in [4.69, 9.17) is 4.99 Å². The van der Waals surface area contributed by atoms with Gasteiger partial charge in [-0.1, -0.05) is 25.1 Å². The van der Waals surface area contributed by atoms with Crippen LogP contribution in [0, 0.1) is 5.92 Å². The van der Waals surface area contributed by atoms with Crippen LogP contribution < -0.4 is 16.0 Å². The zero-order valence-corrected chi connectivity index (χ0v) is 16.0. The summed E-state index contributed by atoms with van der Waals surface area (Å²) >= 11 is 0. The first-order valence-corrected chi connectivity index (χ1v) is 9.54. The molecule has 2 aromatic rings. The van der Waals surface area contributed by atoms with Crippen molar-refractivity contribution in [1.82, 2.24) is 20.4 Å². The lowest BCUT2D eigenvalue weighted by Crippen LogP contribution is -2.41. The van der Waals surface area contributed by atoms with Crippen molar-refractivity contribution in [2.24, 2.45) is 10.9 Å². The highest BCUT2D eigenvalue weighted by Crippen LogP contribution is 2.31. The van der Waals surface area contributed by atoms with E-state index >= 15 is 0 Å². The number of anilines is 1. The summed E-state index contributed by atoms with van der Waals surface area (Å²) in [4.78, 5) is 16.7. The second-order valence-electron chi connectivity index (χ2n) is 6.97. The second-order valence-corrected chi connectivity index (χ2v) is 6.97. The van der Waals surface area contributed by atoms with Gasteiger partial charge in [0.15, 0.2) is 5.96 Å². The Morgan fingerprint density at radius 2 is 2.22 bits per heavy atom. The van der Waals surface area contributed by atoms with E-state index in [0.29, 0.717) is 25.4 Å². The summed E-state index contributed by atoms with van der Waals surface area (Å²) in [6.07, 6.45) is 4.24. The Bertz CT molecular complexity index is 771. The van der Waals surface area contributed by atoms with Crippen molar-refractivity contribution < 1.29 is 4.79 Å². The lowest BCUT2D eigenvalue weighted by Gasteiger charge is -2.26. The fourth-order valence-corrected chi connectivity index (χ4v) is 3.28. The highest BCUT2D eigenvalue weighted by Gasteiger charge is 2.24. The molecular weight excluding hydrogens is 340 g/mol. The van der Waals surface area contributed by atoms with Crippen molar-refractivity contribution >= 4 is 17.6 Å². The number of para-hydroxylation sites is 1. The number of fused-ring (bicyclic) bond motifs is 1. The molecule has 27 heavy (non-hydrogen) atoms. The van der Waals surface area contributed by atoms with Gasteiger partial charge < -0.3 is 16.0 Å². The zero-order chi connectivity index (χ0) is 19.1. The molecule has 0 aliphatic carbocycles. The van der Waals surface area contributed by atoms with Crippen LogP contribution >= 0.6 is 0 Å². The van der Waals surface area contributed by atoms with Crippen LogP contribution in [0.1, 0.15) is 31.7 Å². The third kappa shape index (κ3) is 5.32. The number of hydrogen-bond donors (Lipinski definition) is 3. The summed E-state index contributed by atoms with van der Waals surface area (Å²) in [5.74, 6) is 1.37. The molecule has 1 aromatic heterocycles. The van der Waals surface area contributed by atoms with Gasteiger partial charge in [-0.3, -0.25) is 14.5 Å². The predicted molar refractivity (Wildman–Crippen MR) is 108 cm³/mol. The topological polar surface area (TPSA) is 83.3 Å². The Morgan fingerprint density at radius 1 is 1.37 bits per heavy atom. The van der Waals surface area contributed by atoms with E-state index in [2.05, 4.69) is 34.0 Å². The van der Waals surface area contributed by atoms with Gasteiger partial charge >= 0.3 is 0 Å². The lowest BCUT2D eigenvalue weighted by atomic mass is 9.90. The first kappa shape index (κ1) is 18.9. The molecular formula is C20H28N6O. The first-order valence-electron chi connectivity index (χ1n) is 9.54. The van der Waals surface area contributed by atoms with E-state index in [1.54, 1.807) is 6.20 Å². The summed E-state index contributed by atoms with van der Waals surface area (Å²) in [6, 6.07) is 9.92. The molecule has 144 valence electrons. The van der Waals surface area contributed by atoms with Crippen LogP contribution in [0.25, 0.3) is 0 Å². The average Bonchev–Trinajstić information content (AvgIpc) is 3.16. The fraction of sp³-hybridized carbons (Fsp3) is 0.450. The average molecular weight is 368 g/mol. The largest absolute Gasteiger partial charge is 0.357 e. The minimum Gasteiger partial charge on any atom is -0.357 e. The Morgan fingerprint density at radius 3 is 3.00 bits per heavy atom. The minimum atomic E-state index is 0.0651. The van der Waals surface area contributed by atoms with Crippen LogP contribution in [-0.4, -0.2) is 41.3 Å². The Labute approximate surface area is 160 Å². The smallest absolute Gasteiger partial charge is 0.225 e. The van der Waals surface area contributed by atoms with Crippen molar-refractivity contribution in [2.45, 2.75) is 32.7 Å². The Balaban J connectivity index is 1.58. The fourth-order valence-electron chi connectivity index (χ4n) is 3.28. The van der Waals surface area contributed by atoms with Crippen LogP contribution in [0.5, 0.6) is 0 Å². The number of rotatable bonds is 7. The van der Waals surface area contributed by atoms with Gasteiger partial charge in [0.2, 0.25) is 5.91 Å². The van der Waals surface area contributed by atoms with E-state index in [-0.39, 0.29) is 11.8 Å². The SMILES string of the molecule is CCNC(=NCC(C)Cn1cccn1)NCC1CC(=O)Nc2ccccc21. The number of amides is 1. The van der Waals surface area contributed by atoms with Gasteiger partial charge in [0.1, 0.15) is 0 Å². The number of aliphatic imine (C=N–C) groups is 1. The summed E-state index contributed by atoms with van der Waals surface area (Å²) in [5.41, 5.74) is 2.09. The maximum atomic E-state index is 12.0. The second kappa shape index (κ2) is 9.21. The Kier molecular flexibility index (Phi) is 6.46. The third-order valence-electron chi connectivity index (χ3n) is 4.59. The molecule has 0 radical (unpaired) electrons. The first-order chi connectivity index (χ1) is 13.2. The van der Waals surface area contributed by atoms with Crippen LogP contribution in [0.15, 0.2) is 47.7 Å². The molecule has 2 atom stereocenters. The minimum absolute atomic E-state index is 0.0651. The van der Waals surface area contributed by atoms with Crippen LogP contribution in [0.4, 0.5) is 5.69 Å². The van der Waals surface area contributed by atoms with Gasteiger partial charge in [-0.2, -0.15) is 5.10 Å². The lowest BCUT2D eigenvalue weighted by molar-refractivity contribution is -0.116. The number of benzene rings is 1. The van der Waals surface area contributed by atoms with Crippen molar-refractivity contribution in [2.75, 3.05) is 25.0 Å². The van der Waals surface area contributed by atoms with E-state index < -0.39 is 0 Å². The van der Waals surface area contributed by atoms with Crippen LogP contribution in [0.3, 0.4) is 0 Å². The highest BCUT2D eigenvalue weighted by atomic mass is 16.1. The number of guanidine groups is 1. The molecule has 3 N–H and O–H groups in total. The molecule has 0 saturated carbocycles. The van der Waals surface area contributed by atoms with Gasteiger partial charge in [-0.15, -0.1) is 0 Å².